The number of rotatable bonds is 3. The van der Waals surface area contributed by atoms with Crippen molar-refractivity contribution in [1.29, 1.82) is 0 Å². The van der Waals surface area contributed by atoms with Crippen molar-refractivity contribution < 1.29 is 4.79 Å². The summed E-state index contributed by atoms with van der Waals surface area (Å²) in [4.78, 5) is 14.3. The van der Waals surface area contributed by atoms with Gasteiger partial charge in [-0.1, -0.05) is 13.8 Å². The minimum absolute atomic E-state index is 0.277. The number of nitrogens with zero attached hydrogens (tertiary/aromatic N) is 3. The van der Waals surface area contributed by atoms with E-state index in [1.807, 2.05) is 23.6 Å². The molecule has 1 unspecified atom stereocenters. The van der Waals surface area contributed by atoms with Gasteiger partial charge >= 0.3 is 0 Å². The minimum atomic E-state index is 0.277. The number of hydrogen-bond acceptors (Lipinski definition) is 2. The van der Waals surface area contributed by atoms with E-state index in [0.717, 1.165) is 35.2 Å². The third kappa shape index (κ3) is 3.25. The van der Waals surface area contributed by atoms with Gasteiger partial charge in [0.15, 0.2) is 0 Å². The minimum Gasteiger partial charge on any atom is -0.337 e. The molecule has 1 aromatic rings. The van der Waals surface area contributed by atoms with Gasteiger partial charge in [-0.2, -0.15) is 5.10 Å². The third-order valence-corrected chi connectivity index (χ3v) is 5.43. The molecule has 0 bridgehead atoms. The maximum absolute atomic E-state index is 12.3. The Morgan fingerprint density at radius 1 is 1.40 bits per heavy atom. The number of halogens is 1. The Morgan fingerprint density at radius 2 is 2.10 bits per heavy atom. The van der Waals surface area contributed by atoms with Crippen LogP contribution in [0.15, 0.2) is 4.47 Å². The fourth-order valence-corrected chi connectivity index (χ4v) is 3.39. The van der Waals surface area contributed by atoms with E-state index < -0.39 is 0 Å². The summed E-state index contributed by atoms with van der Waals surface area (Å²) in [6, 6.07) is 0. The number of hydrogen-bond donors (Lipinski definition) is 0. The SMILES string of the molecule is Cc1nn(C)c(CN2CCC(C(C)C)CCC2=O)c1Br. The van der Waals surface area contributed by atoms with Gasteiger partial charge < -0.3 is 4.90 Å². The number of likely N-dealkylation sites (tertiary alicyclic amines) is 1. The molecule has 2 heterocycles. The van der Waals surface area contributed by atoms with Gasteiger partial charge in [0.2, 0.25) is 5.91 Å². The van der Waals surface area contributed by atoms with Crippen LogP contribution in [0.2, 0.25) is 0 Å². The Labute approximate surface area is 129 Å². The van der Waals surface area contributed by atoms with Gasteiger partial charge in [-0.15, -0.1) is 0 Å². The molecule has 1 atom stereocenters. The molecule has 1 aliphatic rings. The van der Waals surface area contributed by atoms with Gasteiger partial charge in [-0.05, 0) is 47.5 Å². The molecule has 0 N–H and O–H groups in total. The smallest absolute Gasteiger partial charge is 0.222 e. The summed E-state index contributed by atoms with van der Waals surface area (Å²) in [5.74, 6) is 1.60. The second kappa shape index (κ2) is 6.29. The van der Waals surface area contributed by atoms with Crippen molar-refractivity contribution in [3.05, 3.63) is 15.9 Å². The van der Waals surface area contributed by atoms with Crippen molar-refractivity contribution >= 4 is 21.8 Å². The standard InChI is InChI=1S/C15H24BrN3O/c1-10(2)12-5-6-14(20)19(8-7-12)9-13-15(16)11(3)17-18(13)4/h10,12H,5-9H2,1-4H3. The Bertz CT molecular complexity index is 496. The van der Waals surface area contributed by atoms with E-state index in [4.69, 9.17) is 0 Å². The predicted octanol–water partition coefficient (Wildman–Crippen LogP) is 3.28. The highest BCUT2D eigenvalue weighted by atomic mass is 79.9. The number of aromatic nitrogens is 2. The van der Waals surface area contributed by atoms with Gasteiger partial charge in [0.25, 0.3) is 0 Å². The van der Waals surface area contributed by atoms with Crippen molar-refractivity contribution in [2.45, 2.75) is 46.6 Å². The summed E-state index contributed by atoms with van der Waals surface area (Å²) < 4.78 is 2.90. The first-order valence-electron chi connectivity index (χ1n) is 7.36. The molecule has 112 valence electrons. The predicted molar refractivity (Wildman–Crippen MR) is 83.2 cm³/mol. The van der Waals surface area contributed by atoms with E-state index in [1.165, 1.54) is 0 Å². The topological polar surface area (TPSA) is 38.1 Å². The lowest BCUT2D eigenvalue weighted by molar-refractivity contribution is -0.131. The molecule has 2 rings (SSSR count). The van der Waals surface area contributed by atoms with Crippen molar-refractivity contribution in [1.82, 2.24) is 14.7 Å². The molecular weight excluding hydrogens is 318 g/mol. The van der Waals surface area contributed by atoms with Crippen molar-refractivity contribution in [2.24, 2.45) is 18.9 Å². The molecule has 20 heavy (non-hydrogen) atoms. The molecule has 0 spiro atoms. The zero-order valence-electron chi connectivity index (χ0n) is 12.8. The van der Waals surface area contributed by atoms with Crippen molar-refractivity contribution in [3.8, 4) is 0 Å². The third-order valence-electron chi connectivity index (χ3n) is 4.40. The number of aryl methyl sites for hydroxylation is 2. The molecule has 1 aromatic heterocycles. The van der Waals surface area contributed by atoms with Crippen LogP contribution in [0, 0.1) is 18.8 Å². The van der Waals surface area contributed by atoms with Crippen LogP contribution in [0.4, 0.5) is 0 Å². The van der Waals surface area contributed by atoms with Crippen LogP contribution >= 0.6 is 15.9 Å². The average Bonchev–Trinajstić information content (AvgIpc) is 2.54. The molecule has 4 nitrogen and oxygen atoms in total. The van der Waals surface area contributed by atoms with Gasteiger partial charge in [0.1, 0.15) is 0 Å². The molecular formula is C15H24BrN3O. The van der Waals surface area contributed by atoms with Gasteiger partial charge in [-0.3, -0.25) is 9.48 Å². The highest BCUT2D eigenvalue weighted by molar-refractivity contribution is 9.10. The first kappa shape index (κ1) is 15.5. The monoisotopic (exact) mass is 341 g/mol. The van der Waals surface area contributed by atoms with Crippen molar-refractivity contribution in [3.63, 3.8) is 0 Å². The molecule has 0 aromatic carbocycles. The largest absolute Gasteiger partial charge is 0.337 e. The Kier molecular flexibility index (Phi) is 4.89. The molecule has 1 aliphatic heterocycles. The normalized spacial score (nSPS) is 20.6. The highest BCUT2D eigenvalue weighted by Gasteiger charge is 2.25. The fourth-order valence-electron chi connectivity index (χ4n) is 2.92. The van der Waals surface area contributed by atoms with Crippen LogP contribution in [0.5, 0.6) is 0 Å². The summed E-state index contributed by atoms with van der Waals surface area (Å²) in [6.45, 7) is 8.00. The summed E-state index contributed by atoms with van der Waals surface area (Å²) in [5.41, 5.74) is 2.06. The second-order valence-electron chi connectivity index (χ2n) is 6.12. The summed E-state index contributed by atoms with van der Waals surface area (Å²) in [7, 11) is 1.94. The second-order valence-corrected chi connectivity index (χ2v) is 6.91. The lowest BCUT2D eigenvalue weighted by Gasteiger charge is -2.22. The first-order chi connectivity index (χ1) is 9.40. The van der Waals surface area contributed by atoms with Crippen LogP contribution in [0.1, 0.15) is 44.5 Å². The average molecular weight is 342 g/mol. The zero-order chi connectivity index (χ0) is 14.9. The number of carbonyl (C=O) groups is 1. The number of carbonyl (C=O) groups excluding carboxylic acids is 1. The fraction of sp³-hybridized carbons (Fsp3) is 0.733. The zero-order valence-corrected chi connectivity index (χ0v) is 14.4. The lowest BCUT2D eigenvalue weighted by atomic mass is 9.89. The van der Waals surface area contributed by atoms with Crippen LogP contribution in [0.25, 0.3) is 0 Å². The Hall–Kier alpha value is -0.840. The summed E-state index contributed by atoms with van der Waals surface area (Å²) in [5, 5.41) is 4.40. The molecule has 0 saturated carbocycles. The Morgan fingerprint density at radius 3 is 2.65 bits per heavy atom. The van der Waals surface area contributed by atoms with Crippen LogP contribution in [0.3, 0.4) is 0 Å². The van der Waals surface area contributed by atoms with E-state index in [9.17, 15) is 4.79 Å². The lowest BCUT2D eigenvalue weighted by Crippen LogP contribution is -2.30. The molecule has 0 radical (unpaired) electrons. The van der Waals surface area contributed by atoms with Gasteiger partial charge in [-0.25, -0.2) is 0 Å². The molecule has 5 heteroatoms. The highest BCUT2D eigenvalue weighted by Crippen LogP contribution is 2.27. The van der Waals surface area contributed by atoms with E-state index in [0.29, 0.717) is 24.8 Å². The molecule has 1 amide bonds. The maximum atomic E-state index is 12.3. The summed E-state index contributed by atoms with van der Waals surface area (Å²) in [6.07, 6.45) is 2.81. The van der Waals surface area contributed by atoms with Crippen LogP contribution in [-0.2, 0) is 18.4 Å². The van der Waals surface area contributed by atoms with E-state index in [-0.39, 0.29) is 5.91 Å². The molecule has 1 saturated heterocycles. The first-order valence-corrected chi connectivity index (χ1v) is 8.15. The van der Waals surface area contributed by atoms with Crippen molar-refractivity contribution in [2.75, 3.05) is 6.54 Å². The summed E-state index contributed by atoms with van der Waals surface area (Å²) >= 11 is 3.58. The number of amides is 1. The van der Waals surface area contributed by atoms with E-state index in [2.05, 4.69) is 34.9 Å². The Balaban J connectivity index is 2.10. The molecule has 0 aliphatic carbocycles. The molecule has 1 fully saturated rings. The van der Waals surface area contributed by atoms with E-state index >= 15 is 0 Å². The van der Waals surface area contributed by atoms with Crippen LogP contribution < -0.4 is 0 Å². The van der Waals surface area contributed by atoms with Gasteiger partial charge in [0, 0.05) is 20.0 Å². The van der Waals surface area contributed by atoms with Crippen LogP contribution in [-0.4, -0.2) is 27.1 Å². The quantitative estimate of drug-likeness (QED) is 0.846. The van der Waals surface area contributed by atoms with Gasteiger partial charge in [0.05, 0.1) is 22.4 Å². The maximum Gasteiger partial charge on any atom is 0.222 e. The van der Waals surface area contributed by atoms with E-state index in [1.54, 1.807) is 0 Å².